The summed E-state index contributed by atoms with van der Waals surface area (Å²) in [7, 11) is 0. The van der Waals surface area contributed by atoms with E-state index < -0.39 is 0 Å². The van der Waals surface area contributed by atoms with E-state index in [-0.39, 0.29) is 5.41 Å². The molecule has 0 aliphatic carbocycles. The number of halogens is 1. The number of hydrogen-bond acceptors (Lipinski definition) is 0. The van der Waals surface area contributed by atoms with E-state index in [0.29, 0.717) is 0 Å². The van der Waals surface area contributed by atoms with Crippen LogP contribution >= 0.6 is 15.9 Å². The number of rotatable bonds is 4. The molecular formula is C29H27Br. The molecule has 0 saturated heterocycles. The highest BCUT2D eigenvalue weighted by Gasteiger charge is 2.18. The summed E-state index contributed by atoms with van der Waals surface area (Å²) < 4.78 is 1.11. The van der Waals surface area contributed by atoms with E-state index >= 15 is 0 Å². The molecule has 150 valence electrons. The number of benzene rings is 4. The van der Waals surface area contributed by atoms with E-state index in [1.54, 1.807) is 0 Å². The molecule has 0 bridgehead atoms. The topological polar surface area (TPSA) is 0 Å². The second-order valence-corrected chi connectivity index (χ2v) is 9.79. The molecule has 0 amide bonds. The van der Waals surface area contributed by atoms with Gasteiger partial charge in [0, 0.05) is 4.47 Å². The molecule has 0 fully saturated rings. The lowest BCUT2D eigenvalue weighted by molar-refractivity contribution is 0.592. The minimum Gasteiger partial charge on any atom is -0.0619 e. The van der Waals surface area contributed by atoms with Gasteiger partial charge in [0.25, 0.3) is 0 Å². The van der Waals surface area contributed by atoms with E-state index in [2.05, 4.69) is 134 Å². The van der Waals surface area contributed by atoms with Crippen molar-refractivity contribution in [3.05, 3.63) is 118 Å². The van der Waals surface area contributed by atoms with Crippen molar-refractivity contribution in [2.45, 2.75) is 32.6 Å². The highest BCUT2D eigenvalue weighted by molar-refractivity contribution is 9.10. The van der Waals surface area contributed by atoms with Gasteiger partial charge in [-0.2, -0.15) is 0 Å². The van der Waals surface area contributed by atoms with Crippen LogP contribution in [0, 0.1) is 0 Å². The van der Waals surface area contributed by atoms with Crippen LogP contribution < -0.4 is 0 Å². The molecule has 0 heterocycles. The summed E-state index contributed by atoms with van der Waals surface area (Å²) in [5.41, 5.74) is 9.30. The molecule has 0 unspecified atom stereocenters. The molecular weight excluding hydrogens is 428 g/mol. The maximum atomic E-state index is 3.50. The SMILES string of the molecule is CC(C)(C)c1ccccc1-c1ccc(Cc2ccc(-c3ccc(Br)cc3)cc2)cc1. The summed E-state index contributed by atoms with van der Waals surface area (Å²) in [5, 5.41) is 0. The lowest BCUT2D eigenvalue weighted by Gasteiger charge is -2.23. The first kappa shape index (κ1) is 20.6. The van der Waals surface area contributed by atoms with Crippen LogP contribution in [0.4, 0.5) is 0 Å². The summed E-state index contributed by atoms with van der Waals surface area (Å²) in [6.45, 7) is 6.83. The average Bonchev–Trinajstić information content (AvgIpc) is 2.75. The minimum atomic E-state index is 0.131. The first-order chi connectivity index (χ1) is 14.4. The highest BCUT2D eigenvalue weighted by atomic mass is 79.9. The molecule has 0 aliphatic heterocycles. The molecule has 4 aromatic rings. The van der Waals surface area contributed by atoms with E-state index in [0.717, 1.165) is 10.9 Å². The lowest BCUT2D eigenvalue weighted by atomic mass is 9.82. The van der Waals surface area contributed by atoms with Crippen LogP contribution in [0.3, 0.4) is 0 Å². The summed E-state index contributed by atoms with van der Waals surface area (Å²) in [6, 6.07) is 35.2. The molecule has 0 spiro atoms. The van der Waals surface area contributed by atoms with Gasteiger partial charge in [0.15, 0.2) is 0 Å². The zero-order valence-electron chi connectivity index (χ0n) is 17.8. The van der Waals surface area contributed by atoms with E-state index in [1.807, 2.05) is 0 Å². The van der Waals surface area contributed by atoms with Gasteiger partial charge in [-0.15, -0.1) is 0 Å². The van der Waals surface area contributed by atoms with Gasteiger partial charge in [-0.05, 0) is 62.9 Å². The molecule has 0 aliphatic rings. The predicted molar refractivity (Wildman–Crippen MR) is 133 cm³/mol. The molecule has 0 radical (unpaired) electrons. The fraction of sp³-hybridized carbons (Fsp3) is 0.172. The Hall–Kier alpha value is -2.64. The molecule has 4 aromatic carbocycles. The van der Waals surface area contributed by atoms with Gasteiger partial charge in [-0.3, -0.25) is 0 Å². The monoisotopic (exact) mass is 454 g/mol. The largest absolute Gasteiger partial charge is 0.0619 e. The van der Waals surface area contributed by atoms with E-state index in [4.69, 9.17) is 0 Å². The van der Waals surface area contributed by atoms with Gasteiger partial charge in [-0.25, -0.2) is 0 Å². The van der Waals surface area contributed by atoms with Crippen LogP contribution in [0.1, 0.15) is 37.5 Å². The molecule has 30 heavy (non-hydrogen) atoms. The van der Waals surface area contributed by atoms with Crippen LogP contribution in [0.15, 0.2) is 102 Å². The highest BCUT2D eigenvalue weighted by Crippen LogP contribution is 2.33. The number of hydrogen-bond donors (Lipinski definition) is 0. The quantitative estimate of drug-likeness (QED) is 0.289. The van der Waals surface area contributed by atoms with Gasteiger partial charge in [0.1, 0.15) is 0 Å². The van der Waals surface area contributed by atoms with Crippen molar-refractivity contribution in [1.29, 1.82) is 0 Å². The fourth-order valence-corrected chi connectivity index (χ4v) is 4.15. The minimum absolute atomic E-state index is 0.131. The second kappa shape index (κ2) is 8.62. The Balaban J connectivity index is 1.51. The van der Waals surface area contributed by atoms with E-state index in [9.17, 15) is 0 Å². The fourth-order valence-electron chi connectivity index (χ4n) is 3.88. The molecule has 0 N–H and O–H groups in total. The Morgan fingerprint density at radius 3 is 1.57 bits per heavy atom. The predicted octanol–water partition coefficient (Wildman–Crippen LogP) is 8.67. The van der Waals surface area contributed by atoms with Gasteiger partial charge < -0.3 is 0 Å². The Bertz CT molecular complexity index is 1110. The summed E-state index contributed by atoms with van der Waals surface area (Å²) in [6.07, 6.45) is 0.946. The van der Waals surface area contributed by atoms with Crippen molar-refractivity contribution in [3.8, 4) is 22.3 Å². The zero-order valence-corrected chi connectivity index (χ0v) is 19.4. The van der Waals surface area contributed by atoms with Crippen LogP contribution in [0.2, 0.25) is 0 Å². The molecule has 4 rings (SSSR count). The van der Waals surface area contributed by atoms with Crippen molar-refractivity contribution in [3.63, 3.8) is 0 Å². The van der Waals surface area contributed by atoms with Crippen molar-refractivity contribution in [1.82, 2.24) is 0 Å². The molecule has 0 aromatic heterocycles. The Kier molecular flexibility index (Phi) is 5.92. The standard InChI is InChI=1S/C29H27Br/c1-29(2,3)28-7-5-4-6-27(28)25-14-10-22(11-15-25)20-21-8-12-23(13-9-21)24-16-18-26(30)19-17-24/h4-19H,20H2,1-3H3. The van der Waals surface area contributed by atoms with Crippen LogP contribution in [-0.4, -0.2) is 0 Å². The van der Waals surface area contributed by atoms with E-state index in [1.165, 1.54) is 38.9 Å². The maximum Gasteiger partial charge on any atom is 0.0175 e. The molecule has 0 saturated carbocycles. The van der Waals surface area contributed by atoms with Gasteiger partial charge in [0.05, 0.1) is 0 Å². The summed E-state index contributed by atoms with van der Waals surface area (Å²) in [4.78, 5) is 0. The second-order valence-electron chi connectivity index (χ2n) is 8.87. The van der Waals surface area contributed by atoms with Crippen molar-refractivity contribution in [2.24, 2.45) is 0 Å². The third-order valence-electron chi connectivity index (χ3n) is 5.54. The van der Waals surface area contributed by atoms with Crippen molar-refractivity contribution < 1.29 is 0 Å². The molecule has 0 nitrogen and oxygen atoms in total. The maximum absolute atomic E-state index is 3.50. The van der Waals surface area contributed by atoms with Crippen molar-refractivity contribution in [2.75, 3.05) is 0 Å². The first-order valence-electron chi connectivity index (χ1n) is 10.4. The van der Waals surface area contributed by atoms with Gasteiger partial charge in [0.2, 0.25) is 0 Å². The lowest BCUT2D eigenvalue weighted by Crippen LogP contribution is -2.12. The van der Waals surface area contributed by atoms with Crippen molar-refractivity contribution >= 4 is 15.9 Å². The molecule has 0 atom stereocenters. The third kappa shape index (κ3) is 4.74. The van der Waals surface area contributed by atoms with Gasteiger partial charge in [-0.1, -0.05) is 122 Å². The normalized spacial score (nSPS) is 11.5. The van der Waals surface area contributed by atoms with Gasteiger partial charge >= 0.3 is 0 Å². The first-order valence-corrected chi connectivity index (χ1v) is 11.2. The van der Waals surface area contributed by atoms with Crippen LogP contribution in [-0.2, 0) is 11.8 Å². The Morgan fingerprint density at radius 2 is 1.03 bits per heavy atom. The zero-order chi connectivity index (χ0) is 21.1. The summed E-state index contributed by atoms with van der Waals surface area (Å²) >= 11 is 3.50. The van der Waals surface area contributed by atoms with Crippen LogP contribution in [0.25, 0.3) is 22.3 Å². The molecule has 1 heteroatoms. The summed E-state index contributed by atoms with van der Waals surface area (Å²) in [5.74, 6) is 0. The average molecular weight is 455 g/mol. The Morgan fingerprint density at radius 1 is 0.567 bits per heavy atom. The Labute approximate surface area is 188 Å². The van der Waals surface area contributed by atoms with Crippen LogP contribution in [0.5, 0.6) is 0 Å². The third-order valence-corrected chi connectivity index (χ3v) is 6.07. The smallest absolute Gasteiger partial charge is 0.0175 e.